The molecule has 0 saturated heterocycles. The Kier molecular flexibility index (Phi) is 4.30. The van der Waals surface area contributed by atoms with E-state index in [-0.39, 0.29) is 5.38 Å². The molecule has 0 spiro atoms. The zero-order chi connectivity index (χ0) is 14.2. The first-order chi connectivity index (χ1) is 8.93. The summed E-state index contributed by atoms with van der Waals surface area (Å²) in [5, 5.41) is 0.179. The summed E-state index contributed by atoms with van der Waals surface area (Å²) in [5.41, 5.74) is 7.33. The molecule has 1 unspecified atom stereocenters. The maximum atomic E-state index is 7.02. The second-order valence-corrected chi connectivity index (χ2v) is 6.90. The van der Waals surface area contributed by atoms with E-state index in [0.29, 0.717) is 5.41 Å². The van der Waals surface area contributed by atoms with Gasteiger partial charge in [-0.25, -0.2) is 0 Å². The highest BCUT2D eigenvalue weighted by molar-refractivity contribution is 6.21. The van der Waals surface area contributed by atoms with Gasteiger partial charge in [-0.2, -0.15) is 0 Å². The Labute approximate surface area is 123 Å². The number of rotatable bonds is 3. The summed E-state index contributed by atoms with van der Waals surface area (Å²) in [4.78, 5) is 0. The van der Waals surface area contributed by atoms with Crippen molar-refractivity contribution in [2.75, 3.05) is 0 Å². The van der Waals surface area contributed by atoms with Crippen LogP contribution in [0.2, 0.25) is 0 Å². The van der Waals surface area contributed by atoms with Crippen molar-refractivity contribution in [1.29, 1.82) is 0 Å². The van der Waals surface area contributed by atoms with E-state index < -0.39 is 0 Å². The van der Waals surface area contributed by atoms with Gasteiger partial charge in [-0.3, -0.25) is 0 Å². The number of alkyl halides is 1. The number of halogens is 1. The monoisotopic (exact) mass is 278 g/mol. The Hall–Kier alpha value is -0.490. The Morgan fingerprint density at radius 3 is 1.95 bits per heavy atom. The molecule has 1 fully saturated rings. The Bertz CT molecular complexity index is 441. The third kappa shape index (κ3) is 2.44. The van der Waals surface area contributed by atoms with Crippen molar-refractivity contribution in [2.24, 2.45) is 5.41 Å². The van der Waals surface area contributed by atoms with Crippen molar-refractivity contribution in [3.05, 3.63) is 33.9 Å². The van der Waals surface area contributed by atoms with Gasteiger partial charge in [0.15, 0.2) is 0 Å². The molecule has 1 aromatic carbocycles. The van der Waals surface area contributed by atoms with Gasteiger partial charge in [-0.15, -0.1) is 11.6 Å². The van der Waals surface area contributed by atoms with E-state index in [2.05, 4.69) is 40.7 Å². The van der Waals surface area contributed by atoms with Crippen LogP contribution in [0.25, 0.3) is 0 Å². The first-order valence-electron chi connectivity index (χ1n) is 7.64. The molecule has 1 aromatic rings. The van der Waals surface area contributed by atoms with E-state index in [9.17, 15) is 0 Å². The first-order valence-corrected chi connectivity index (χ1v) is 8.08. The molecule has 0 amide bonds. The Morgan fingerprint density at radius 1 is 1.05 bits per heavy atom. The van der Waals surface area contributed by atoms with E-state index in [1.807, 2.05) is 0 Å². The van der Waals surface area contributed by atoms with Crippen LogP contribution >= 0.6 is 11.6 Å². The molecule has 19 heavy (non-hydrogen) atoms. The molecule has 1 aliphatic carbocycles. The molecule has 1 aliphatic rings. The van der Waals surface area contributed by atoms with Crippen molar-refractivity contribution in [3.63, 3.8) is 0 Å². The van der Waals surface area contributed by atoms with Crippen molar-refractivity contribution >= 4 is 11.6 Å². The van der Waals surface area contributed by atoms with Crippen LogP contribution in [0.5, 0.6) is 0 Å². The van der Waals surface area contributed by atoms with Gasteiger partial charge in [0, 0.05) is 0 Å². The van der Waals surface area contributed by atoms with Gasteiger partial charge in [0.05, 0.1) is 5.38 Å². The lowest BCUT2D eigenvalue weighted by Crippen LogP contribution is -2.23. The molecule has 0 nitrogen and oxygen atoms in total. The number of aryl methyl sites for hydroxylation is 2. The van der Waals surface area contributed by atoms with Crippen LogP contribution in [0.1, 0.15) is 72.2 Å². The molecule has 106 valence electrons. The van der Waals surface area contributed by atoms with Gasteiger partial charge >= 0.3 is 0 Å². The highest BCUT2D eigenvalue weighted by atomic mass is 35.5. The SMILES string of the molecule is CCC1(C(Cl)c2c(C)c(C)cc(C)c2C)CCCC1. The average Bonchev–Trinajstić information content (AvgIpc) is 2.86. The molecule has 2 rings (SSSR count). The molecule has 0 heterocycles. The molecule has 0 radical (unpaired) electrons. The fourth-order valence-corrected chi connectivity index (χ4v) is 4.50. The maximum absolute atomic E-state index is 7.02. The van der Waals surface area contributed by atoms with Crippen LogP contribution in [0, 0.1) is 33.1 Å². The quantitative estimate of drug-likeness (QED) is 0.580. The molecule has 0 aromatic heterocycles. The fourth-order valence-electron chi connectivity index (χ4n) is 3.80. The van der Waals surface area contributed by atoms with E-state index >= 15 is 0 Å². The van der Waals surface area contributed by atoms with Crippen molar-refractivity contribution in [2.45, 2.75) is 72.1 Å². The molecule has 0 N–H and O–H groups in total. The highest BCUT2D eigenvalue weighted by Crippen LogP contribution is 2.54. The van der Waals surface area contributed by atoms with Crippen molar-refractivity contribution in [3.8, 4) is 0 Å². The van der Waals surface area contributed by atoms with Crippen LogP contribution in [-0.4, -0.2) is 0 Å². The van der Waals surface area contributed by atoms with Crippen molar-refractivity contribution in [1.82, 2.24) is 0 Å². The van der Waals surface area contributed by atoms with Gasteiger partial charge in [0.2, 0.25) is 0 Å². The largest absolute Gasteiger partial charge is 0.117 e. The Morgan fingerprint density at radius 2 is 1.53 bits per heavy atom. The van der Waals surface area contributed by atoms with E-state index in [1.54, 1.807) is 0 Å². The van der Waals surface area contributed by atoms with Crippen molar-refractivity contribution < 1.29 is 0 Å². The van der Waals surface area contributed by atoms with Gasteiger partial charge in [0.1, 0.15) is 0 Å². The zero-order valence-corrected chi connectivity index (χ0v) is 13.8. The topological polar surface area (TPSA) is 0 Å². The summed E-state index contributed by atoms with van der Waals surface area (Å²) < 4.78 is 0. The summed E-state index contributed by atoms with van der Waals surface area (Å²) in [6.45, 7) is 11.2. The first kappa shape index (κ1) is 14.9. The van der Waals surface area contributed by atoms with Gasteiger partial charge in [-0.1, -0.05) is 25.8 Å². The van der Waals surface area contributed by atoms with Crippen LogP contribution in [0.15, 0.2) is 6.07 Å². The number of hydrogen-bond donors (Lipinski definition) is 0. The second kappa shape index (κ2) is 5.48. The fraction of sp³-hybridized carbons (Fsp3) is 0.667. The molecule has 1 saturated carbocycles. The molecular weight excluding hydrogens is 252 g/mol. The normalized spacial score (nSPS) is 19.7. The Balaban J connectivity index is 2.52. The maximum Gasteiger partial charge on any atom is 0.0646 e. The smallest absolute Gasteiger partial charge is 0.0646 e. The molecule has 0 bridgehead atoms. The third-order valence-corrected chi connectivity index (χ3v) is 6.20. The lowest BCUT2D eigenvalue weighted by atomic mass is 9.74. The minimum Gasteiger partial charge on any atom is -0.117 e. The van der Waals surface area contributed by atoms with Gasteiger partial charge in [0.25, 0.3) is 0 Å². The lowest BCUT2D eigenvalue weighted by molar-refractivity contribution is 0.270. The van der Waals surface area contributed by atoms with Crippen LogP contribution < -0.4 is 0 Å². The van der Waals surface area contributed by atoms with Crippen LogP contribution in [-0.2, 0) is 0 Å². The van der Waals surface area contributed by atoms with E-state index in [4.69, 9.17) is 11.6 Å². The summed E-state index contributed by atoms with van der Waals surface area (Å²) in [6, 6.07) is 2.30. The number of benzene rings is 1. The van der Waals surface area contributed by atoms with E-state index in [0.717, 1.165) is 0 Å². The highest BCUT2D eigenvalue weighted by Gasteiger charge is 2.40. The summed E-state index contributed by atoms with van der Waals surface area (Å²) in [7, 11) is 0. The summed E-state index contributed by atoms with van der Waals surface area (Å²) in [6.07, 6.45) is 6.49. The second-order valence-electron chi connectivity index (χ2n) is 6.46. The third-order valence-electron chi connectivity index (χ3n) is 5.52. The summed E-state index contributed by atoms with van der Waals surface area (Å²) >= 11 is 7.02. The number of hydrogen-bond acceptors (Lipinski definition) is 0. The van der Waals surface area contributed by atoms with Crippen LogP contribution in [0.3, 0.4) is 0 Å². The standard InChI is InChI=1S/C18H27Cl/c1-6-18(9-7-8-10-18)17(19)16-14(4)12(2)11-13(3)15(16)5/h11,17H,6-10H2,1-5H3. The lowest BCUT2D eigenvalue weighted by Gasteiger charge is -2.35. The molecule has 1 atom stereocenters. The molecule has 0 aliphatic heterocycles. The van der Waals surface area contributed by atoms with E-state index in [1.165, 1.54) is 59.9 Å². The summed E-state index contributed by atoms with van der Waals surface area (Å²) in [5.74, 6) is 0. The minimum absolute atomic E-state index is 0.179. The predicted octanol–water partition coefficient (Wildman–Crippen LogP) is 6.17. The van der Waals surface area contributed by atoms with Gasteiger partial charge in [-0.05, 0) is 80.2 Å². The average molecular weight is 279 g/mol. The van der Waals surface area contributed by atoms with Gasteiger partial charge < -0.3 is 0 Å². The zero-order valence-electron chi connectivity index (χ0n) is 13.1. The molecule has 1 heteroatoms. The minimum atomic E-state index is 0.179. The van der Waals surface area contributed by atoms with Crippen LogP contribution in [0.4, 0.5) is 0 Å². The predicted molar refractivity (Wildman–Crippen MR) is 85.2 cm³/mol. The molecular formula is C18H27Cl.